The fraction of sp³-hybridized carbons (Fsp3) is 0.167. The summed E-state index contributed by atoms with van der Waals surface area (Å²) >= 11 is 0. The van der Waals surface area contributed by atoms with Crippen molar-refractivity contribution in [2.75, 3.05) is 6.61 Å². The molecule has 0 unspecified atom stereocenters. The summed E-state index contributed by atoms with van der Waals surface area (Å²) in [7, 11) is 0. The van der Waals surface area contributed by atoms with Crippen molar-refractivity contribution in [1.29, 1.82) is 0 Å². The summed E-state index contributed by atoms with van der Waals surface area (Å²) in [5, 5.41) is 8.64. The monoisotopic (exact) mass is 174 g/mol. The predicted molar refractivity (Wildman–Crippen MR) is 56.3 cm³/mol. The van der Waals surface area contributed by atoms with E-state index in [0.717, 1.165) is 5.57 Å². The van der Waals surface area contributed by atoms with Gasteiger partial charge in [-0.3, -0.25) is 0 Å². The predicted octanol–water partition coefficient (Wildman–Crippen LogP) is 2.64. The number of aliphatic hydroxyl groups is 1. The molecule has 0 saturated carbocycles. The summed E-state index contributed by atoms with van der Waals surface area (Å²) in [4.78, 5) is 0. The minimum atomic E-state index is 0.0875. The van der Waals surface area contributed by atoms with Gasteiger partial charge in [-0.2, -0.15) is 0 Å². The van der Waals surface area contributed by atoms with Crippen molar-refractivity contribution >= 4 is 5.57 Å². The van der Waals surface area contributed by atoms with Crippen LogP contribution in [-0.4, -0.2) is 11.7 Å². The SMILES string of the molecule is C/C=C(\C=C/CO)c1ccccc1. The average molecular weight is 174 g/mol. The molecule has 1 rings (SSSR count). The van der Waals surface area contributed by atoms with Crippen LogP contribution < -0.4 is 0 Å². The molecule has 1 N–H and O–H groups in total. The van der Waals surface area contributed by atoms with E-state index in [1.165, 1.54) is 5.56 Å². The number of rotatable bonds is 3. The number of aliphatic hydroxyl groups excluding tert-OH is 1. The Kier molecular flexibility index (Phi) is 4.00. The molecule has 0 heterocycles. The zero-order chi connectivity index (χ0) is 9.52. The number of benzene rings is 1. The standard InChI is InChI=1S/C12H14O/c1-2-11(9-6-10-13)12-7-4-3-5-8-12/h2-9,13H,10H2,1H3/b9-6-,11-2+. The summed E-state index contributed by atoms with van der Waals surface area (Å²) < 4.78 is 0. The molecule has 0 saturated heterocycles. The summed E-state index contributed by atoms with van der Waals surface area (Å²) in [5.74, 6) is 0. The maximum absolute atomic E-state index is 8.64. The maximum Gasteiger partial charge on any atom is 0.0615 e. The van der Waals surface area contributed by atoms with Crippen molar-refractivity contribution in [3.8, 4) is 0 Å². The van der Waals surface area contributed by atoms with E-state index in [-0.39, 0.29) is 6.61 Å². The van der Waals surface area contributed by atoms with Crippen LogP contribution in [0.15, 0.2) is 48.6 Å². The largest absolute Gasteiger partial charge is 0.392 e. The first-order chi connectivity index (χ1) is 6.38. The van der Waals surface area contributed by atoms with Crippen molar-refractivity contribution < 1.29 is 5.11 Å². The molecule has 0 bridgehead atoms. The summed E-state index contributed by atoms with van der Waals surface area (Å²) in [6.45, 7) is 2.08. The topological polar surface area (TPSA) is 20.2 Å². The first kappa shape index (κ1) is 9.75. The fourth-order valence-electron chi connectivity index (χ4n) is 1.17. The Morgan fingerprint density at radius 3 is 2.54 bits per heavy atom. The second-order valence-corrected chi connectivity index (χ2v) is 2.69. The van der Waals surface area contributed by atoms with E-state index in [4.69, 9.17) is 5.11 Å². The molecule has 1 aromatic carbocycles. The van der Waals surface area contributed by atoms with Gasteiger partial charge in [-0.05, 0) is 18.1 Å². The third-order valence-corrected chi connectivity index (χ3v) is 1.82. The third-order valence-electron chi connectivity index (χ3n) is 1.82. The van der Waals surface area contributed by atoms with Gasteiger partial charge in [-0.25, -0.2) is 0 Å². The summed E-state index contributed by atoms with van der Waals surface area (Å²) in [6, 6.07) is 10.1. The Morgan fingerprint density at radius 2 is 2.00 bits per heavy atom. The van der Waals surface area contributed by atoms with Gasteiger partial charge >= 0.3 is 0 Å². The minimum absolute atomic E-state index is 0.0875. The van der Waals surface area contributed by atoms with Gasteiger partial charge in [-0.15, -0.1) is 0 Å². The van der Waals surface area contributed by atoms with E-state index < -0.39 is 0 Å². The molecule has 0 radical (unpaired) electrons. The van der Waals surface area contributed by atoms with Gasteiger partial charge in [0, 0.05) is 0 Å². The van der Waals surface area contributed by atoms with Crippen LogP contribution in [0.1, 0.15) is 12.5 Å². The molecule has 1 aromatic rings. The van der Waals surface area contributed by atoms with Gasteiger partial charge < -0.3 is 5.11 Å². The highest BCUT2D eigenvalue weighted by atomic mass is 16.2. The molecule has 0 aliphatic carbocycles. The zero-order valence-electron chi connectivity index (χ0n) is 7.77. The van der Waals surface area contributed by atoms with E-state index in [0.29, 0.717) is 0 Å². The smallest absolute Gasteiger partial charge is 0.0615 e. The minimum Gasteiger partial charge on any atom is -0.392 e. The van der Waals surface area contributed by atoms with Crippen molar-refractivity contribution in [3.63, 3.8) is 0 Å². The van der Waals surface area contributed by atoms with Crippen LogP contribution in [0.5, 0.6) is 0 Å². The van der Waals surface area contributed by atoms with Crippen LogP contribution in [0.3, 0.4) is 0 Å². The van der Waals surface area contributed by atoms with Crippen molar-refractivity contribution in [2.24, 2.45) is 0 Å². The molecule has 0 aliphatic heterocycles. The molecule has 68 valence electrons. The highest BCUT2D eigenvalue weighted by molar-refractivity contribution is 5.73. The van der Waals surface area contributed by atoms with Crippen molar-refractivity contribution in [3.05, 3.63) is 54.1 Å². The van der Waals surface area contributed by atoms with E-state index in [1.54, 1.807) is 6.08 Å². The molecule has 0 amide bonds. The van der Waals surface area contributed by atoms with Gasteiger partial charge in [0.25, 0.3) is 0 Å². The normalized spacial score (nSPS) is 12.3. The van der Waals surface area contributed by atoms with Gasteiger partial charge in [-0.1, -0.05) is 48.6 Å². The zero-order valence-corrected chi connectivity index (χ0v) is 7.77. The molecule has 0 fully saturated rings. The number of allylic oxidation sites excluding steroid dienone is 3. The average Bonchev–Trinajstić information content (AvgIpc) is 2.21. The molecular formula is C12H14O. The third kappa shape index (κ3) is 2.88. The lowest BCUT2D eigenvalue weighted by molar-refractivity contribution is 0.343. The second-order valence-electron chi connectivity index (χ2n) is 2.69. The molecule has 1 nitrogen and oxygen atoms in total. The maximum atomic E-state index is 8.64. The Hall–Kier alpha value is -1.34. The van der Waals surface area contributed by atoms with E-state index in [9.17, 15) is 0 Å². The van der Waals surface area contributed by atoms with E-state index >= 15 is 0 Å². The Morgan fingerprint density at radius 1 is 1.31 bits per heavy atom. The molecule has 0 spiro atoms. The van der Waals surface area contributed by atoms with Gasteiger partial charge in [0.1, 0.15) is 0 Å². The van der Waals surface area contributed by atoms with Crippen LogP contribution in [-0.2, 0) is 0 Å². The number of hydrogen-bond acceptors (Lipinski definition) is 1. The highest BCUT2D eigenvalue weighted by Crippen LogP contribution is 2.14. The lowest BCUT2D eigenvalue weighted by atomic mass is 10.1. The first-order valence-electron chi connectivity index (χ1n) is 4.37. The molecule has 13 heavy (non-hydrogen) atoms. The Bertz CT molecular complexity index is 296. The van der Waals surface area contributed by atoms with Gasteiger partial charge in [0.2, 0.25) is 0 Å². The molecular weight excluding hydrogens is 160 g/mol. The Labute approximate surface area is 79.0 Å². The second kappa shape index (κ2) is 5.33. The van der Waals surface area contributed by atoms with Crippen LogP contribution in [0, 0.1) is 0 Å². The Balaban J connectivity index is 2.87. The number of hydrogen-bond donors (Lipinski definition) is 1. The van der Waals surface area contributed by atoms with E-state index in [2.05, 4.69) is 12.1 Å². The first-order valence-corrected chi connectivity index (χ1v) is 4.37. The van der Waals surface area contributed by atoms with Crippen LogP contribution >= 0.6 is 0 Å². The molecule has 1 heteroatoms. The van der Waals surface area contributed by atoms with E-state index in [1.807, 2.05) is 37.3 Å². The van der Waals surface area contributed by atoms with Gasteiger partial charge in [0.15, 0.2) is 0 Å². The van der Waals surface area contributed by atoms with Gasteiger partial charge in [0.05, 0.1) is 6.61 Å². The fourth-order valence-corrected chi connectivity index (χ4v) is 1.17. The highest BCUT2D eigenvalue weighted by Gasteiger charge is 1.93. The van der Waals surface area contributed by atoms with Crippen molar-refractivity contribution in [1.82, 2.24) is 0 Å². The lowest BCUT2D eigenvalue weighted by Crippen LogP contribution is -1.80. The molecule has 0 aliphatic rings. The molecule has 0 aromatic heterocycles. The van der Waals surface area contributed by atoms with Crippen LogP contribution in [0.25, 0.3) is 5.57 Å². The quantitative estimate of drug-likeness (QED) is 0.698. The van der Waals surface area contributed by atoms with Crippen LogP contribution in [0.2, 0.25) is 0 Å². The van der Waals surface area contributed by atoms with Crippen molar-refractivity contribution in [2.45, 2.75) is 6.92 Å². The summed E-state index contributed by atoms with van der Waals surface area (Å²) in [6.07, 6.45) is 5.69. The van der Waals surface area contributed by atoms with Crippen LogP contribution in [0.4, 0.5) is 0 Å². The summed E-state index contributed by atoms with van der Waals surface area (Å²) in [5.41, 5.74) is 2.31. The molecule has 0 atom stereocenters. The lowest BCUT2D eigenvalue weighted by Gasteiger charge is -2.00.